The van der Waals surface area contributed by atoms with Crippen molar-refractivity contribution in [1.82, 2.24) is 4.98 Å². The van der Waals surface area contributed by atoms with Gasteiger partial charge in [0.05, 0.1) is 5.52 Å². The predicted octanol–water partition coefficient (Wildman–Crippen LogP) is 3.05. The molecule has 1 saturated carbocycles. The standard InChI is InChI=1S/C16H17NO2/c18-16-8-2-1-4-11(16)10-13-12-5-3-9-17-14(12)6-7-15(13)19-16/h3,5-7,9,11,18H,1-2,4,8,10H2/t11-,16-/m0/s1. The minimum Gasteiger partial charge on any atom is -0.462 e. The SMILES string of the molecule is O[C@]12CCCC[C@H]1Cc1c(ccc3ncccc13)O2. The number of pyridine rings is 1. The molecule has 2 atom stereocenters. The fourth-order valence-corrected chi connectivity index (χ4v) is 3.53. The van der Waals surface area contributed by atoms with Crippen LogP contribution in [0, 0.1) is 5.92 Å². The normalized spacial score (nSPS) is 29.4. The number of aliphatic hydroxyl groups is 1. The molecule has 2 aromatic rings. The Morgan fingerprint density at radius 2 is 2.21 bits per heavy atom. The average Bonchev–Trinajstić information content (AvgIpc) is 2.44. The molecule has 1 aromatic carbocycles. The molecule has 1 aliphatic carbocycles. The highest BCUT2D eigenvalue weighted by Gasteiger charge is 2.45. The van der Waals surface area contributed by atoms with Crippen molar-refractivity contribution in [1.29, 1.82) is 0 Å². The van der Waals surface area contributed by atoms with E-state index in [1.54, 1.807) is 0 Å². The average molecular weight is 255 g/mol. The lowest BCUT2D eigenvalue weighted by molar-refractivity contribution is -0.203. The van der Waals surface area contributed by atoms with Crippen molar-refractivity contribution in [2.45, 2.75) is 37.9 Å². The maximum atomic E-state index is 10.7. The minimum atomic E-state index is -0.943. The summed E-state index contributed by atoms with van der Waals surface area (Å²) in [4.78, 5) is 4.39. The van der Waals surface area contributed by atoms with Gasteiger partial charge in [-0.2, -0.15) is 0 Å². The van der Waals surface area contributed by atoms with E-state index >= 15 is 0 Å². The number of benzene rings is 1. The molecule has 2 heterocycles. The Labute approximate surface area is 112 Å². The Balaban J connectivity index is 1.87. The molecule has 3 nitrogen and oxygen atoms in total. The van der Waals surface area contributed by atoms with Gasteiger partial charge in [0.15, 0.2) is 0 Å². The van der Waals surface area contributed by atoms with E-state index in [0.29, 0.717) is 0 Å². The maximum absolute atomic E-state index is 10.7. The topological polar surface area (TPSA) is 42.4 Å². The van der Waals surface area contributed by atoms with E-state index in [-0.39, 0.29) is 5.92 Å². The zero-order chi connectivity index (χ0) is 12.9. The zero-order valence-corrected chi connectivity index (χ0v) is 10.8. The second-order valence-electron chi connectivity index (χ2n) is 5.71. The van der Waals surface area contributed by atoms with Crippen molar-refractivity contribution in [2.24, 2.45) is 5.92 Å². The van der Waals surface area contributed by atoms with Gasteiger partial charge in [0.2, 0.25) is 5.79 Å². The Morgan fingerprint density at radius 3 is 3.16 bits per heavy atom. The lowest BCUT2D eigenvalue weighted by Crippen LogP contribution is -2.49. The fourth-order valence-electron chi connectivity index (χ4n) is 3.53. The first-order valence-corrected chi connectivity index (χ1v) is 7.04. The van der Waals surface area contributed by atoms with Gasteiger partial charge >= 0.3 is 0 Å². The Hall–Kier alpha value is -1.61. The van der Waals surface area contributed by atoms with Crippen molar-refractivity contribution >= 4 is 10.9 Å². The van der Waals surface area contributed by atoms with Crippen LogP contribution in [0.3, 0.4) is 0 Å². The van der Waals surface area contributed by atoms with E-state index in [9.17, 15) is 5.11 Å². The summed E-state index contributed by atoms with van der Waals surface area (Å²) in [5.41, 5.74) is 2.22. The molecule has 2 aliphatic rings. The van der Waals surface area contributed by atoms with Crippen LogP contribution >= 0.6 is 0 Å². The van der Waals surface area contributed by atoms with Gasteiger partial charge in [0, 0.05) is 29.5 Å². The highest BCUT2D eigenvalue weighted by molar-refractivity contribution is 5.84. The highest BCUT2D eigenvalue weighted by Crippen LogP contribution is 2.45. The molecular formula is C16H17NO2. The van der Waals surface area contributed by atoms with Crippen molar-refractivity contribution in [3.05, 3.63) is 36.0 Å². The summed E-state index contributed by atoms with van der Waals surface area (Å²) < 4.78 is 5.96. The monoisotopic (exact) mass is 255 g/mol. The summed E-state index contributed by atoms with van der Waals surface area (Å²) in [6.07, 6.45) is 6.76. The molecular weight excluding hydrogens is 238 g/mol. The summed E-state index contributed by atoms with van der Waals surface area (Å²) in [6, 6.07) is 7.98. The van der Waals surface area contributed by atoms with E-state index in [4.69, 9.17) is 4.74 Å². The van der Waals surface area contributed by atoms with Gasteiger partial charge in [-0.25, -0.2) is 0 Å². The summed E-state index contributed by atoms with van der Waals surface area (Å²) in [7, 11) is 0. The zero-order valence-electron chi connectivity index (χ0n) is 10.8. The van der Waals surface area contributed by atoms with Crippen LogP contribution in [0.1, 0.15) is 31.2 Å². The molecule has 1 aromatic heterocycles. The third kappa shape index (κ3) is 1.65. The molecule has 0 spiro atoms. The molecule has 1 fully saturated rings. The van der Waals surface area contributed by atoms with Crippen LogP contribution < -0.4 is 4.74 Å². The van der Waals surface area contributed by atoms with Gasteiger partial charge in [-0.1, -0.05) is 12.5 Å². The van der Waals surface area contributed by atoms with Crippen LogP contribution in [0.5, 0.6) is 5.75 Å². The first kappa shape index (κ1) is 11.2. The Morgan fingerprint density at radius 1 is 1.26 bits per heavy atom. The molecule has 3 heteroatoms. The molecule has 1 aliphatic heterocycles. The van der Waals surface area contributed by atoms with E-state index in [0.717, 1.165) is 42.3 Å². The second kappa shape index (κ2) is 3.94. The second-order valence-corrected chi connectivity index (χ2v) is 5.71. The maximum Gasteiger partial charge on any atom is 0.211 e. The first-order chi connectivity index (χ1) is 9.26. The molecule has 0 saturated heterocycles. The quantitative estimate of drug-likeness (QED) is 0.786. The number of nitrogens with zero attached hydrogens (tertiary/aromatic N) is 1. The van der Waals surface area contributed by atoms with Crippen LogP contribution in [-0.4, -0.2) is 15.9 Å². The van der Waals surface area contributed by atoms with Gasteiger partial charge in [-0.3, -0.25) is 4.98 Å². The number of hydrogen-bond acceptors (Lipinski definition) is 3. The summed E-state index contributed by atoms with van der Waals surface area (Å²) in [5.74, 6) is 0.113. The number of rotatable bonds is 0. The third-order valence-corrected chi connectivity index (χ3v) is 4.57. The minimum absolute atomic E-state index is 0.222. The molecule has 0 unspecified atom stereocenters. The molecule has 4 rings (SSSR count). The Kier molecular flexibility index (Phi) is 2.33. The van der Waals surface area contributed by atoms with Gasteiger partial charge in [-0.15, -0.1) is 0 Å². The number of fused-ring (bicyclic) bond motifs is 4. The third-order valence-electron chi connectivity index (χ3n) is 4.57. The van der Waals surface area contributed by atoms with Crippen LogP contribution in [0.2, 0.25) is 0 Å². The van der Waals surface area contributed by atoms with Crippen LogP contribution in [-0.2, 0) is 6.42 Å². The van der Waals surface area contributed by atoms with Crippen LogP contribution in [0.25, 0.3) is 10.9 Å². The predicted molar refractivity (Wildman–Crippen MR) is 73.0 cm³/mol. The molecule has 1 N–H and O–H groups in total. The van der Waals surface area contributed by atoms with Gasteiger partial charge in [-0.05, 0) is 37.5 Å². The Bertz CT molecular complexity index is 640. The molecule has 0 radical (unpaired) electrons. The van der Waals surface area contributed by atoms with Gasteiger partial charge in [0.1, 0.15) is 5.75 Å². The van der Waals surface area contributed by atoms with Gasteiger partial charge in [0.25, 0.3) is 0 Å². The molecule has 0 amide bonds. The number of aromatic nitrogens is 1. The number of hydrogen-bond donors (Lipinski definition) is 1. The molecule has 0 bridgehead atoms. The summed E-state index contributed by atoms with van der Waals surface area (Å²) in [6.45, 7) is 0. The van der Waals surface area contributed by atoms with Gasteiger partial charge < -0.3 is 9.84 Å². The van der Waals surface area contributed by atoms with E-state index < -0.39 is 5.79 Å². The van der Waals surface area contributed by atoms with Crippen molar-refractivity contribution in [3.63, 3.8) is 0 Å². The smallest absolute Gasteiger partial charge is 0.211 e. The molecule has 98 valence electrons. The summed E-state index contributed by atoms with van der Waals surface area (Å²) in [5, 5.41) is 11.8. The van der Waals surface area contributed by atoms with Crippen LogP contribution in [0.4, 0.5) is 0 Å². The lowest BCUT2D eigenvalue weighted by Gasteiger charge is -2.44. The lowest BCUT2D eigenvalue weighted by atomic mass is 9.77. The van der Waals surface area contributed by atoms with Crippen molar-refractivity contribution in [3.8, 4) is 5.75 Å². The van der Waals surface area contributed by atoms with Crippen LogP contribution in [0.15, 0.2) is 30.5 Å². The molecule has 19 heavy (non-hydrogen) atoms. The van der Waals surface area contributed by atoms with Crippen molar-refractivity contribution < 1.29 is 9.84 Å². The van der Waals surface area contributed by atoms with Crippen molar-refractivity contribution in [2.75, 3.05) is 0 Å². The van der Waals surface area contributed by atoms with E-state index in [1.807, 2.05) is 24.4 Å². The number of ether oxygens (including phenoxy) is 1. The van der Waals surface area contributed by atoms with E-state index in [1.165, 1.54) is 12.0 Å². The highest BCUT2D eigenvalue weighted by atomic mass is 16.6. The first-order valence-electron chi connectivity index (χ1n) is 7.04. The fraction of sp³-hybridized carbons (Fsp3) is 0.438. The summed E-state index contributed by atoms with van der Waals surface area (Å²) >= 11 is 0. The van der Waals surface area contributed by atoms with E-state index in [2.05, 4.69) is 11.1 Å². The largest absolute Gasteiger partial charge is 0.462 e.